The van der Waals surface area contributed by atoms with Crippen molar-refractivity contribution >= 4 is 27.3 Å². The maximum atomic E-state index is 13.8. The minimum absolute atomic E-state index is 0.0920. The summed E-state index contributed by atoms with van der Waals surface area (Å²) >= 11 is 0. The summed E-state index contributed by atoms with van der Waals surface area (Å²) in [5.41, 5.74) is 1.02. The zero-order valence-corrected chi connectivity index (χ0v) is 15.1. The second-order valence-corrected chi connectivity index (χ2v) is 8.37. The number of sulfone groups is 1. The Hall–Kier alpha value is -2.22. The molecule has 0 radical (unpaired) electrons. The second-order valence-electron chi connectivity index (χ2n) is 6.14. The van der Waals surface area contributed by atoms with E-state index in [2.05, 4.69) is 15.3 Å². The third kappa shape index (κ3) is 4.07. The molecule has 1 aliphatic rings. The van der Waals surface area contributed by atoms with Crippen LogP contribution in [0.15, 0.2) is 30.3 Å². The van der Waals surface area contributed by atoms with E-state index in [1.165, 1.54) is 6.07 Å². The maximum absolute atomic E-state index is 13.8. The van der Waals surface area contributed by atoms with Crippen molar-refractivity contribution in [2.24, 2.45) is 0 Å². The van der Waals surface area contributed by atoms with Gasteiger partial charge >= 0.3 is 0 Å². The second kappa shape index (κ2) is 6.95. The monoisotopic (exact) mass is 364 g/mol. The summed E-state index contributed by atoms with van der Waals surface area (Å²) in [5.74, 6) is 0.900. The Labute approximate surface area is 147 Å². The Bertz CT molecular complexity index is 873. The molecule has 2 heterocycles. The van der Waals surface area contributed by atoms with Gasteiger partial charge in [-0.2, -0.15) is 4.98 Å². The predicted octanol–water partition coefficient (Wildman–Crippen LogP) is 2.68. The Morgan fingerprint density at radius 3 is 2.72 bits per heavy atom. The minimum atomic E-state index is -2.98. The van der Waals surface area contributed by atoms with Crippen LogP contribution < -0.4 is 10.2 Å². The highest BCUT2D eigenvalue weighted by Crippen LogP contribution is 2.25. The first kappa shape index (κ1) is 17.6. The summed E-state index contributed by atoms with van der Waals surface area (Å²) < 4.78 is 37.4. The molecule has 1 aromatic heterocycles. The minimum Gasteiger partial charge on any atom is -0.353 e. The summed E-state index contributed by atoms with van der Waals surface area (Å²) in [4.78, 5) is 10.8. The number of halogens is 1. The van der Waals surface area contributed by atoms with Gasteiger partial charge in [0.25, 0.3) is 0 Å². The lowest BCUT2D eigenvalue weighted by Crippen LogP contribution is -2.37. The van der Waals surface area contributed by atoms with Crippen molar-refractivity contribution in [2.45, 2.75) is 26.3 Å². The van der Waals surface area contributed by atoms with Crippen molar-refractivity contribution in [3.63, 3.8) is 0 Å². The molecule has 0 bridgehead atoms. The van der Waals surface area contributed by atoms with E-state index in [1.54, 1.807) is 18.2 Å². The van der Waals surface area contributed by atoms with Crippen molar-refractivity contribution in [3.05, 3.63) is 41.8 Å². The SMILES string of the molecule is CCN(c1cc(C)nc(Nc2ccccc2F)n1)C1CCS(=O)(=O)C1. The van der Waals surface area contributed by atoms with Crippen molar-refractivity contribution < 1.29 is 12.8 Å². The average molecular weight is 364 g/mol. The van der Waals surface area contributed by atoms with Gasteiger partial charge in [0.05, 0.1) is 17.2 Å². The molecule has 1 aliphatic heterocycles. The molecule has 1 atom stereocenters. The number of aromatic nitrogens is 2. The van der Waals surface area contributed by atoms with Gasteiger partial charge in [-0.05, 0) is 32.4 Å². The molecule has 3 rings (SSSR count). The topological polar surface area (TPSA) is 75.2 Å². The molecule has 134 valence electrons. The van der Waals surface area contributed by atoms with E-state index in [-0.39, 0.29) is 23.4 Å². The molecule has 1 saturated heterocycles. The number of nitrogens with zero attached hydrogens (tertiary/aromatic N) is 3. The Balaban J connectivity index is 1.89. The van der Waals surface area contributed by atoms with Crippen LogP contribution in [0.1, 0.15) is 19.0 Å². The molecule has 1 fully saturated rings. The van der Waals surface area contributed by atoms with Crippen LogP contribution in [-0.4, -0.2) is 42.5 Å². The third-order valence-electron chi connectivity index (χ3n) is 4.25. The fourth-order valence-corrected chi connectivity index (χ4v) is 4.80. The van der Waals surface area contributed by atoms with Crippen molar-refractivity contribution in [1.82, 2.24) is 9.97 Å². The average Bonchev–Trinajstić information content (AvgIpc) is 2.90. The van der Waals surface area contributed by atoms with Crippen molar-refractivity contribution in [3.8, 4) is 0 Å². The molecule has 1 N–H and O–H groups in total. The largest absolute Gasteiger partial charge is 0.353 e. The van der Waals surface area contributed by atoms with Crippen LogP contribution in [-0.2, 0) is 9.84 Å². The zero-order chi connectivity index (χ0) is 18.0. The van der Waals surface area contributed by atoms with E-state index in [4.69, 9.17) is 0 Å². The van der Waals surface area contributed by atoms with E-state index >= 15 is 0 Å². The highest BCUT2D eigenvalue weighted by Gasteiger charge is 2.32. The maximum Gasteiger partial charge on any atom is 0.229 e. The number of benzene rings is 1. The molecule has 0 aliphatic carbocycles. The summed E-state index contributed by atoms with van der Waals surface area (Å²) in [5, 5.41) is 2.90. The number of hydrogen-bond donors (Lipinski definition) is 1. The highest BCUT2D eigenvalue weighted by atomic mass is 32.2. The number of nitrogens with one attached hydrogen (secondary N) is 1. The molecule has 25 heavy (non-hydrogen) atoms. The number of anilines is 3. The third-order valence-corrected chi connectivity index (χ3v) is 6.00. The first-order valence-electron chi connectivity index (χ1n) is 8.22. The van der Waals surface area contributed by atoms with Crippen LogP contribution in [0.3, 0.4) is 0 Å². The van der Waals surface area contributed by atoms with E-state index in [1.807, 2.05) is 24.8 Å². The van der Waals surface area contributed by atoms with Crippen LogP contribution in [0, 0.1) is 12.7 Å². The van der Waals surface area contributed by atoms with E-state index < -0.39 is 9.84 Å². The lowest BCUT2D eigenvalue weighted by atomic mass is 10.2. The number of aryl methyl sites for hydroxylation is 1. The summed E-state index contributed by atoms with van der Waals surface area (Å²) in [7, 11) is -2.98. The first-order chi connectivity index (χ1) is 11.9. The van der Waals surface area contributed by atoms with Gasteiger partial charge in [0.15, 0.2) is 9.84 Å². The summed E-state index contributed by atoms with van der Waals surface area (Å²) in [6.45, 7) is 4.43. The van der Waals surface area contributed by atoms with Gasteiger partial charge in [0, 0.05) is 24.3 Å². The molecule has 0 saturated carbocycles. The van der Waals surface area contributed by atoms with Gasteiger partial charge in [0.1, 0.15) is 11.6 Å². The molecule has 0 amide bonds. The summed E-state index contributed by atoms with van der Waals surface area (Å²) in [6.07, 6.45) is 0.593. The van der Waals surface area contributed by atoms with Gasteiger partial charge in [0.2, 0.25) is 5.95 Å². The fraction of sp³-hybridized carbons (Fsp3) is 0.412. The van der Waals surface area contributed by atoms with Gasteiger partial charge in [-0.25, -0.2) is 17.8 Å². The zero-order valence-electron chi connectivity index (χ0n) is 14.2. The van der Waals surface area contributed by atoms with Gasteiger partial charge in [-0.3, -0.25) is 0 Å². The fourth-order valence-electron chi connectivity index (χ4n) is 3.07. The Kier molecular flexibility index (Phi) is 4.89. The molecular weight excluding hydrogens is 343 g/mol. The number of rotatable bonds is 5. The molecule has 1 unspecified atom stereocenters. The Morgan fingerprint density at radius 1 is 1.32 bits per heavy atom. The standard InChI is InChI=1S/C17H21FN4O2S/c1-3-22(13-8-9-25(23,24)11-13)16-10-12(2)19-17(21-16)20-15-7-5-4-6-14(15)18/h4-7,10,13H,3,8-9,11H2,1-2H3,(H,19,20,21). The van der Waals surface area contributed by atoms with Crippen LogP contribution in [0.2, 0.25) is 0 Å². The van der Waals surface area contributed by atoms with E-state index in [0.29, 0.717) is 30.4 Å². The lowest BCUT2D eigenvalue weighted by Gasteiger charge is -2.28. The molecule has 1 aromatic carbocycles. The molecule has 6 nitrogen and oxygen atoms in total. The lowest BCUT2D eigenvalue weighted by molar-refractivity contribution is 0.599. The smallest absolute Gasteiger partial charge is 0.229 e. The first-order valence-corrected chi connectivity index (χ1v) is 10.0. The normalized spacial score (nSPS) is 18.9. The van der Waals surface area contributed by atoms with Crippen molar-refractivity contribution in [1.29, 1.82) is 0 Å². The van der Waals surface area contributed by atoms with Crippen molar-refractivity contribution in [2.75, 3.05) is 28.3 Å². The van der Waals surface area contributed by atoms with Gasteiger partial charge in [-0.15, -0.1) is 0 Å². The van der Waals surface area contributed by atoms with Gasteiger partial charge in [-0.1, -0.05) is 12.1 Å². The van der Waals surface area contributed by atoms with E-state index in [0.717, 1.165) is 5.69 Å². The molecule has 2 aromatic rings. The highest BCUT2D eigenvalue weighted by molar-refractivity contribution is 7.91. The quantitative estimate of drug-likeness (QED) is 0.879. The summed E-state index contributed by atoms with van der Waals surface area (Å²) in [6, 6.07) is 8.04. The van der Waals surface area contributed by atoms with Crippen LogP contribution in [0.25, 0.3) is 0 Å². The van der Waals surface area contributed by atoms with E-state index in [9.17, 15) is 12.8 Å². The Morgan fingerprint density at radius 2 is 2.08 bits per heavy atom. The number of para-hydroxylation sites is 1. The van der Waals surface area contributed by atoms with Gasteiger partial charge < -0.3 is 10.2 Å². The molecule has 8 heteroatoms. The van der Waals surface area contributed by atoms with Crippen LogP contribution in [0.4, 0.5) is 21.8 Å². The molecule has 0 spiro atoms. The number of hydrogen-bond acceptors (Lipinski definition) is 6. The van der Waals surface area contributed by atoms with Crippen LogP contribution >= 0.6 is 0 Å². The molecular formula is C17H21FN4O2S. The predicted molar refractivity (Wildman–Crippen MR) is 96.5 cm³/mol. The van der Waals surface area contributed by atoms with Crippen LogP contribution in [0.5, 0.6) is 0 Å².